The predicted molar refractivity (Wildman–Crippen MR) is 80.3 cm³/mol. The van der Waals surface area contributed by atoms with E-state index in [1.165, 1.54) is 0 Å². The molecule has 1 fully saturated rings. The first-order chi connectivity index (χ1) is 9.54. The quantitative estimate of drug-likeness (QED) is 0.929. The van der Waals surface area contributed by atoms with E-state index in [-0.39, 0.29) is 12.1 Å². The first kappa shape index (κ1) is 15.1. The summed E-state index contributed by atoms with van der Waals surface area (Å²) in [4.78, 5) is 15.9. The Labute approximate surface area is 124 Å². The van der Waals surface area contributed by atoms with Gasteiger partial charge >= 0.3 is 6.03 Å². The van der Waals surface area contributed by atoms with Crippen LogP contribution in [0.2, 0.25) is 5.02 Å². The van der Waals surface area contributed by atoms with Crippen LogP contribution in [0.15, 0.2) is 24.3 Å². The summed E-state index contributed by atoms with van der Waals surface area (Å²) in [6, 6.07) is 6.90. The number of rotatable bonds is 3. The molecule has 1 heterocycles. The summed E-state index contributed by atoms with van der Waals surface area (Å²) >= 11 is 5.81. The van der Waals surface area contributed by atoms with Gasteiger partial charge in [0.1, 0.15) is 0 Å². The molecule has 1 unspecified atom stereocenters. The summed E-state index contributed by atoms with van der Waals surface area (Å²) in [7, 11) is 3.83. The molecule has 1 saturated heterocycles. The van der Waals surface area contributed by atoms with E-state index in [1.807, 2.05) is 0 Å². The number of nitrogens with zero attached hydrogens (tertiary/aromatic N) is 2. The van der Waals surface area contributed by atoms with Gasteiger partial charge in [-0.05, 0) is 31.3 Å². The molecule has 0 aromatic heterocycles. The van der Waals surface area contributed by atoms with Gasteiger partial charge in [-0.15, -0.1) is 0 Å². The van der Waals surface area contributed by atoms with Crippen molar-refractivity contribution in [3.8, 4) is 0 Å². The van der Waals surface area contributed by atoms with Gasteiger partial charge in [0, 0.05) is 37.4 Å². The van der Waals surface area contributed by atoms with E-state index < -0.39 is 0 Å². The van der Waals surface area contributed by atoms with Crippen molar-refractivity contribution in [2.45, 2.75) is 6.10 Å². The van der Waals surface area contributed by atoms with Crippen LogP contribution >= 0.6 is 11.6 Å². The highest BCUT2D eigenvalue weighted by Crippen LogP contribution is 2.14. The first-order valence-electron chi connectivity index (χ1n) is 6.62. The predicted octanol–water partition coefficient (Wildman–Crippen LogP) is 2.13. The van der Waals surface area contributed by atoms with Crippen molar-refractivity contribution >= 4 is 23.3 Å². The van der Waals surface area contributed by atoms with Crippen molar-refractivity contribution in [1.82, 2.24) is 9.80 Å². The highest BCUT2D eigenvalue weighted by atomic mass is 35.5. The molecule has 0 bridgehead atoms. The zero-order valence-electron chi connectivity index (χ0n) is 11.8. The smallest absolute Gasteiger partial charge is 0.321 e. The molecule has 5 nitrogen and oxygen atoms in total. The molecule has 20 heavy (non-hydrogen) atoms. The average Bonchev–Trinajstić information content (AvgIpc) is 2.41. The van der Waals surface area contributed by atoms with Crippen LogP contribution in [0.1, 0.15) is 0 Å². The lowest BCUT2D eigenvalue weighted by Gasteiger charge is -2.32. The van der Waals surface area contributed by atoms with Crippen LogP contribution in [0.3, 0.4) is 0 Å². The lowest BCUT2D eigenvalue weighted by molar-refractivity contribution is -0.0276. The number of likely N-dealkylation sites (N-methyl/N-ethyl adjacent to an activating group) is 2. The minimum absolute atomic E-state index is 0.0646. The molecular formula is C14H20ClN3O2. The largest absolute Gasteiger partial charge is 0.374 e. The van der Waals surface area contributed by atoms with Crippen LogP contribution in [-0.2, 0) is 4.74 Å². The Hall–Kier alpha value is -1.30. The molecule has 1 aromatic carbocycles. The van der Waals surface area contributed by atoms with Gasteiger partial charge in [0.2, 0.25) is 0 Å². The van der Waals surface area contributed by atoms with Gasteiger partial charge in [-0.1, -0.05) is 11.6 Å². The molecule has 1 atom stereocenters. The SMILES string of the molecule is CN1CCOC(CN(C)C(=O)Nc2ccc(Cl)cc2)C1. The van der Waals surface area contributed by atoms with Gasteiger partial charge in [0.15, 0.2) is 0 Å². The Bertz CT molecular complexity index is 452. The van der Waals surface area contributed by atoms with Crippen LogP contribution < -0.4 is 5.32 Å². The highest BCUT2D eigenvalue weighted by molar-refractivity contribution is 6.30. The standard InChI is InChI=1S/C14H20ClN3O2/c1-17-7-8-20-13(9-17)10-18(2)14(19)16-12-5-3-11(15)4-6-12/h3-6,13H,7-10H2,1-2H3,(H,16,19). The normalized spacial score (nSPS) is 19.6. The second-order valence-corrected chi connectivity index (χ2v) is 5.51. The number of carbonyl (C=O) groups is 1. The van der Waals surface area contributed by atoms with E-state index >= 15 is 0 Å². The number of amides is 2. The maximum absolute atomic E-state index is 12.1. The molecule has 1 aliphatic heterocycles. The molecule has 2 amide bonds. The zero-order chi connectivity index (χ0) is 14.5. The second kappa shape index (κ2) is 6.92. The summed E-state index contributed by atoms with van der Waals surface area (Å²) in [5, 5.41) is 3.48. The summed E-state index contributed by atoms with van der Waals surface area (Å²) in [6.45, 7) is 3.08. The van der Waals surface area contributed by atoms with Crippen LogP contribution in [0.4, 0.5) is 10.5 Å². The fourth-order valence-corrected chi connectivity index (χ4v) is 2.24. The fourth-order valence-electron chi connectivity index (χ4n) is 2.12. The third-order valence-electron chi connectivity index (χ3n) is 3.26. The van der Waals surface area contributed by atoms with Gasteiger partial charge in [0.05, 0.1) is 12.7 Å². The molecular weight excluding hydrogens is 278 g/mol. The Balaban J connectivity index is 1.83. The number of morpholine rings is 1. The van der Waals surface area contributed by atoms with E-state index in [9.17, 15) is 4.79 Å². The summed E-state index contributed by atoms with van der Waals surface area (Å²) in [5.41, 5.74) is 0.730. The topological polar surface area (TPSA) is 44.8 Å². The number of carbonyl (C=O) groups excluding carboxylic acids is 1. The minimum Gasteiger partial charge on any atom is -0.374 e. The first-order valence-corrected chi connectivity index (χ1v) is 7.00. The van der Waals surface area contributed by atoms with Gasteiger partial charge < -0.3 is 19.9 Å². The molecule has 0 radical (unpaired) electrons. The summed E-state index contributed by atoms with van der Waals surface area (Å²) in [6.07, 6.45) is 0.0646. The monoisotopic (exact) mass is 297 g/mol. The minimum atomic E-state index is -0.149. The Morgan fingerprint density at radius 3 is 2.85 bits per heavy atom. The molecule has 0 spiro atoms. The molecule has 2 rings (SSSR count). The molecule has 1 aliphatic rings. The van der Waals surface area contributed by atoms with Crippen molar-refractivity contribution in [1.29, 1.82) is 0 Å². The average molecular weight is 298 g/mol. The van der Waals surface area contributed by atoms with Crippen molar-refractivity contribution < 1.29 is 9.53 Å². The lowest BCUT2D eigenvalue weighted by Crippen LogP contribution is -2.47. The number of hydrogen-bond donors (Lipinski definition) is 1. The second-order valence-electron chi connectivity index (χ2n) is 5.07. The van der Waals surface area contributed by atoms with Gasteiger partial charge in [-0.3, -0.25) is 0 Å². The number of urea groups is 1. The van der Waals surface area contributed by atoms with E-state index in [2.05, 4.69) is 17.3 Å². The van der Waals surface area contributed by atoms with Crippen LogP contribution in [-0.4, -0.2) is 62.3 Å². The van der Waals surface area contributed by atoms with E-state index in [0.29, 0.717) is 18.2 Å². The number of halogens is 1. The maximum Gasteiger partial charge on any atom is 0.321 e. The number of hydrogen-bond acceptors (Lipinski definition) is 3. The van der Waals surface area contributed by atoms with Gasteiger partial charge in [-0.2, -0.15) is 0 Å². The van der Waals surface area contributed by atoms with Crippen LogP contribution in [0.5, 0.6) is 0 Å². The number of benzene rings is 1. The lowest BCUT2D eigenvalue weighted by atomic mass is 10.2. The van der Waals surface area contributed by atoms with Gasteiger partial charge in [-0.25, -0.2) is 4.79 Å². The van der Waals surface area contributed by atoms with Crippen molar-refractivity contribution in [2.75, 3.05) is 45.7 Å². The van der Waals surface area contributed by atoms with Crippen LogP contribution in [0.25, 0.3) is 0 Å². The molecule has 0 saturated carbocycles. The van der Waals surface area contributed by atoms with Crippen molar-refractivity contribution in [3.05, 3.63) is 29.3 Å². The van der Waals surface area contributed by atoms with Crippen LogP contribution in [0, 0.1) is 0 Å². The summed E-state index contributed by atoms with van der Waals surface area (Å²) in [5.74, 6) is 0. The molecule has 0 aliphatic carbocycles. The fraction of sp³-hybridized carbons (Fsp3) is 0.500. The van der Waals surface area contributed by atoms with Crippen molar-refractivity contribution in [3.63, 3.8) is 0 Å². The summed E-state index contributed by atoms with van der Waals surface area (Å²) < 4.78 is 5.65. The Morgan fingerprint density at radius 2 is 2.20 bits per heavy atom. The molecule has 6 heteroatoms. The number of ether oxygens (including phenoxy) is 1. The molecule has 110 valence electrons. The third kappa shape index (κ3) is 4.37. The highest BCUT2D eigenvalue weighted by Gasteiger charge is 2.21. The Kier molecular flexibility index (Phi) is 5.23. The zero-order valence-corrected chi connectivity index (χ0v) is 12.6. The van der Waals surface area contributed by atoms with Crippen molar-refractivity contribution in [2.24, 2.45) is 0 Å². The number of nitrogens with one attached hydrogen (secondary N) is 1. The Morgan fingerprint density at radius 1 is 1.50 bits per heavy atom. The third-order valence-corrected chi connectivity index (χ3v) is 3.51. The number of anilines is 1. The maximum atomic E-state index is 12.1. The molecule has 1 N–H and O–H groups in total. The molecule has 1 aromatic rings. The van der Waals surface area contributed by atoms with E-state index in [1.54, 1.807) is 36.2 Å². The van der Waals surface area contributed by atoms with E-state index in [4.69, 9.17) is 16.3 Å². The van der Waals surface area contributed by atoms with E-state index in [0.717, 1.165) is 18.8 Å². The van der Waals surface area contributed by atoms with Gasteiger partial charge in [0.25, 0.3) is 0 Å².